The van der Waals surface area contributed by atoms with Crippen LogP contribution in [0, 0.1) is 0 Å². The second-order valence-corrected chi connectivity index (χ2v) is 6.88. The predicted octanol–water partition coefficient (Wildman–Crippen LogP) is 4.90. The number of aryl methyl sites for hydroxylation is 1. The number of ether oxygens (including phenoxy) is 1. The van der Waals surface area contributed by atoms with E-state index in [0.29, 0.717) is 17.0 Å². The largest absolute Gasteiger partial charge is 0.449 e. The Bertz CT molecular complexity index is 1050. The molecule has 0 aliphatic rings. The first-order valence-electron chi connectivity index (χ1n) is 9.69. The molecule has 2 aromatic carbocycles. The fourth-order valence-corrected chi connectivity index (χ4v) is 2.81. The van der Waals surface area contributed by atoms with Crippen LogP contribution in [0.2, 0.25) is 0 Å². The lowest BCUT2D eigenvalue weighted by molar-refractivity contribution is -0.123. The van der Waals surface area contributed by atoms with E-state index < -0.39 is 18.0 Å². The Morgan fingerprint density at radius 2 is 1.63 bits per heavy atom. The van der Waals surface area contributed by atoms with Crippen LogP contribution < -0.4 is 5.32 Å². The van der Waals surface area contributed by atoms with Gasteiger partial charge in [0.05, 0.1) is 0 Å². The first-order chi connectivity index (χ1) is 14.4. The summed E-state index contributed by atoms with van der Waals surface area (Å²) in [6, 6.07) is 17.5. The number of amides is 1. The summed E-state index contributed by atoms with van der Waals surface area (Å²) in [6.07, 6.45) is -0.0828. The van der Waals surface area contributed by atoms with Gasteiger partial charge in [-0.1, -0.05) is 43.3 Å². The number of rotatable bonds is 7. The molecule has 154 valence electrons. The van der Waals surface area contributed by atoms with Crippen LogP contribution in [0.15, 0.2) is 65.1 Å². The van der Waals surface area contributed by atoms with Crippen LogP contribution >= 0.6 is 0 Å². The Labute approximate surface area is 174 Å². The molecule has 0 saturated carbocycles. The summed E-state index contributed by atoms with van der Waals surface area (Å²) in [5, 5.41) is 2.72. The van der Waals surface area contributed by atoms with Crippen molar-refractivity contribution in [2.24, 2.45) is 0 Å². The number of nitrogens with one attached hydrogen (secondary N) is 1. The molecule has 0 fully saturated rings. The highest BCUT2D eigenvalue weighted by Gasteiger charge is 2.21. The molecule has 0 bridgehead atoms. The lowest BCUT2D eigenvalue weighted by Crippen LogP contribution is -2.29. The zero-order valence-corrected chi connectivity index (χ0v) is 17.1. The van der Waals surface area contributed by atoms with E-state index in [1.165, 1.54) is 19.9 Å². The smallest absolute Gasteiger partial charge is 0.375 e. The van der Waals surface area contributed by atoms with Crippen LogP contribution in [-0.4, -0.2) is 23.8 Å². The number of carbonyl (C=O) groups is 3. The maximum Gasteiger partial charge on any atom is 0.375 e. The van der Waals surface area contributed by atoms with E-state index >= 15 is 0 Å². The van der Waals surface area contributed by atoms with E-state index in [9.17, 15) is 14.4 Å². The molecule has 1 aromatic heterocycles. The summed E-state index contributed by atoms with van der Waals surface area (Å²) in [5.74, 6) is -0.735. The third-order valence-corrected chi connectivity index (χ3v) is 4.67. The van der Waals surface area contributed by atoms with Gasteiger partial charge in [-0.15, -0.1) is 0 Å². The third-order valence-electron chi connectivity index (χ3n) is 4.67. The van der Waals surface area contributed by atoms with Gasteiger partial charge in [0.25, 0.3) is 5.91 Å². The van der Waals surface area contributed by atoms with Gasteiger partial charge in [-0.05, 0) is 50.1 Å². The van der Waals surface area contributed by atoms with Gasteiger partial charge in [0.2, 0.25) is 5.76 Å². The Morgan fingerprint density at radius 3 is 2.23 bits per heavy atom. The molecule has 6 heteroatoms. The van der Waals surface area contributed by atoms with Gasteiger partial charge in [-0.3, -0.25) is 9.59 Å². The fraction of sp³-hybridized carbons (Fsp3) is 0.208. The van der Waals surface area contributed by atoms with E-state index in [-0.39, 0.29) is 11.5 Å². The Balaban J connectivity index is 1.61. The maximum absolute atomic E-state index is 12.3. The highest BCUT2D eigenvalue weighted by Crippen LogP contribution is 2.23. The van der Waals surface area contributed by atoms with Crippen LogP contribution in [0.1, 0.15) is 47.2 Å². The van der Waals surface area contributed by atoms with Crippen molar-refractivity contribution in [2.45, 2.75) is 33.3 Å². The van der Waals surface area contributed by atoms with Crippen LogP contribution in [0.3, 0.4) is 0 Å². The highest BCUT2D eigenvalue weighted by molar-refractivity contribution is 5.97. The molecule has 1 amide bonds. The first-order valence-corrected chi connectivity index (χ1v) is 9.69. The highest BCUT2D eigenvalue weighted by atomic mass is 16.6. The molecule has 0 radical (unpaired) electrons. The number of esters is 1. The average Bonchev–Trinajstić information content (AvgIpc) is 3.24. The molecule has 1 N–H and O–H groups in total. The fourth-order valence-electron chi connectivity index (χ4n) is 2.81. The quantitative estimate of drug-likeness (QED) is 0.447. The van der Waals surface area contributed by atoms with E-state index in [1.54, 1.807) is 30.3 Å². The molecule has 0 spiro atoms. The second-order valence-electron chi connectivity index (χ2n) is 6.88. The van der Waals surface area contributed by atoms with Gasteiger partial charge in [-0.2, -0.15) is 0 Å². The van der Waals surface area contributed by atoms with Gasteiger partial charge < -0.3 is 14.5 Å². The van der Waals surface area contributed by atoms with Crippen molar-refractivity contribution in [1.29, 1.82) is 0 Å². The number of Topliss-reactive ketones (excluding diaryl/α,β-unsaturated/α-hetero) is 1. The molecule has 1 heterocycles. The lowest BCUT2D eigenvalue weighted by Gasteiger charge is -2.13. The molecule has 30 heavy (non-hydrogen) atoms. The average molecular weight is 405 g/mol. The zero-order chi connectivity index (χ0) is 21.7. The monoisotopic (exact) mass is 405 g/mol. The molecule has 0 unspecified atom stereocenters. The van der Waals surface area contributed by atoms with Crippen LogP contribution in [0.4, 0.5) is 5.69 Å². The minimum atomic E-state index is -0.994. The minimum Gasteiger partial charge on any atom is -0.449 e. The number of ketones is 1. The standard InChI is InChI=1S/C24H23NO5/c1-4-17-5-11-20(12-6-17)25-23(27)16(3)29-24(28)22-14-13-21(30-22)19-9-7-18(8-10-19)15(2)26/h5-14,16H,4H2,1-3H3,(H,25,27)/t16-/m1/s1. The zero-order valence-electron chi connectivity index (χ0n) is 17.1. The van der Waals surface area contributed by atoms with Gasteiger partial charge in [-0.25, -0.2) is 4.79 Å². The third kappa shape index (κ3) is 5.03. The van der Waals surface area contributed by atoms with Gasteiger partial charge in [0.1, 0.15) is 5.76 Å². The lowest BCUT2D eigenvalue weighted by atomic mass is 10.1. The Hall–Kier alpha value is -3.67. The van der Waals surface area contributed by atoms with Crippen LogP contribution in [-0.2, 0) is 16.0 Å². The number of hydrogen-bond acceptors (Lipinski definition) is 5. The van der Waals surface area contributed by atoms with Crippen molar-refractivity contribution in [1.82, 2.24) is 0 Å². The van der Waals surface area contributed by atoms with Gasteiger partial charge in [0, 0.05) is 16.8 Å². The second kappa shape index (κ2) is 9.22. The molecule has 0 saturated heterocycles. The SMILES string of the molecule is CCc1ccc(NC(=O)[C@@H](C)OC(=O)c2ccc(-c3ccc(C(C)=O)cc3)o2)cc1. The Morgan fingerprint density at radius 1 is 0.967 bits per heavy atom. The molecule has 0 aliphatic carbocycles. The summed E-state index contributed by atoms with van der Waals surface area (Å²) in [6.45, 7) is 5.04. The van der Waals surface area contributed by atoms with Gasteiger partial charge >= 0.3 is 5.97 Å². The minimum absolute atomic E-state index is 0.00686. The molecule has 6 nitrogen and oxygen atoms in total. The van der Waals surface area contributed by atoms with E-state index in [2.05, 4.69) is 12.2 Å². The summed E-state index contributed by atoms with van der Waals surface area (Å²) < 4.78 is 10.8. The van der Waals surface area contributed by atoms with Crippen molar-refractivity contribution in [2.75, 3.05) is 5.32 Å². The van der Waals surface area contributed by atoms with Gasteiger partial charge in [0.15, 0.2) is 11.9 Å². The normalized spacial score (nSPS) is 11.6. The molecule has 3 rings (SSSR count). The molecular formula is C24H23NO5. The molecule has 1 atom stereocenters. The summed E-state index contributed by atoms with van der Waals surface area (Å²) >= 11 is 0. The van der Waals surface area contributed by atoms with Crippen molar-refractivity contribution < 1.29 is 23.5 Å². The number of anilines is 1. The number of benzene rings is 2. The van der Waals surface area contributed by atoms with Crippen molar-refractivity contribution in [3.8, 4) is 11.3 Å². The van der Waals surface area contributed by atoms with E-state index in [1.807, 2.05) is 24.3 Å². The van der Waals surface area contributed by atoms with Crippen molar-refractivity contribution in [3.05, 3.63) is 77.6 Å². The summed E-state index contributed by atoms with van der Waals surface area (Å²) in [4.78, 5) is 36.0. The number of carbonyl (C=O) groups excluding carboxylic acids is 3. The first kappa shape index (κ1) is 21.0. The van der Waals surface area contributed by atoms with E-state index in [4.69, 9.17) is 9.15 Å². The van der Waals surface area contributed by atoms with Crippen LogP contribution in [0.5, 0.6) is 0 Å². The predicted molar refractivity (Wildman–Crippen MR) is 113 cm³/mol. The maximum atomic E-state index is 12.3. The molecule has 0 aliphatic heterocycles. The van der Waals surface area contributed by atoms with Crippen molar-refractivity contribution in [3.63, 3.8) is 0 Å². The summed E-state index contributed by atoms with van der Waals surface area (Å²) in [7, 11) is 0. The van der Waals surface area contributed by atoms with Crippen molar-refractivity contribution >= 4 is 23.3 Å². The number of furan rings is 1. The number of hydrogen-bond donors (Lipinski definition) is 1. The topological polar surface area (TPSA) is 85.6 Å². The molecule has 3 aromatic rings. The Kier molecular flexibility index (Phi) is 6.47. The molecular weight excluding hydrogens is 382 g/mol. The van der Waals surface area contributed by atoms with E-state index in [0.717, 1.165) is 17.5 Å². The summed E-state index contributed by atoms with van der Waals surface area (Å²) in [5.41, 5.74) is 3.11. The van der Waals surface area contributed by atoms with Crippen LogP contribution in [0.25, 0.3) is 11.3 Å².